The van der Waals surface area contributed by atoms with Gasteiger partial charge in [0.25, 0.3) is 15.9 Å². The fourth-order valence-electron chi connectivity index (χ4n) is 4.01. The van der Waals surface area contributed by atoms with E-state index < -0.39 is 42.5 Å². The van der Waals surface area contributed by atoms with Gasteiger partial charge in [-0.05, 0) is 61.4 Å². The number of rotatable bonds is 8. The number of hydrogen-bond acceptors (Lipinski definition) is 6. The number of sulfonamides is 2. The van der Waals surface area contributed by atoms with E-state index in [-0.39, 0.29) is 27.6 Å². The van der Waals surface area contributed by atoms with Crippen LogP contribution in [0.1, 0.15) is 29.6 Å². The van der Waals surface area contributed by atoms with Crippen LogP contribution in [0.4, 0.5) is 20.2 Å². The fourth-order valence-corrected chi connectivity index (χ4v) is 6.64. The molecule has 1 heterocycles. The summed E-state index contributed by atoms with van der Waals surface area (Å²) in [5.41, 5.74) is -0.176. The molecule has 202 valence electrons. The van der Waals surface area contributed by atoms with Gasteiger partial charge >= 0.3 is 0 Å². The van der Waals surface area contributed by atoms with Crippen LogP contribution in [-0.2, 0) is 20.0 Å². The maximum atomic E-state index is 13.6. The molecule has 4 rings (SSSR count). The molecule has 0 atom stereocenters. The first-order valence-electron chi connectivity index (χ1n) is 11.6. The van der Waals surface area contributed by atoms with Gasteiger partial charge in [0.15, 0.2) is 11.6 Å². The Kier molecular flexibility index (Phi) is 7.99. The first kappa shape index (κ1) is 27.5. The summed E-state index contributed by atoms with van der Waals surface area (Å²) in [6.45, 7) is 0.809. The van der Waals surface area contributed by atoms with Crippen LogP contribution in [0.2, 0.25) is 0 Å². The van der Waals surface area contributed by atoms with Crippen LogP contribution in [0.5, 0.6) is 5.75 Å². The van der Waals surface area contributed by atoms with E-state index in [0.717, 1.165) is 25.3 Å². The van der Waals surface area contributed by atoms with Crippen molar-refractivity contribution in [3.8, 4) is 5.75 Å². The smallest absolute Gasteiger partial charge is 0.262 e. The lowest BCUT2D eigenvalue weighted by Crippen LogP contribution is -2.35. The molecule has 1 saturated heterocycles. The number of piperidine rings is 1. The number of anilines is 2. The van der Waals surface area contributed by atoms with Gasteiger partial charge in [0.05, 0.1) is 33.8 Å². The Morgan fingerprint density at radius 2 is 1.53 bits per heavy atom. The standard InChI is InChI=1S/C25H25F2N3O6S2/c1-36-24-12-10-18(38(34,35)30-13-5-2-6-14-30)16-23(24)28-25(31)19-7-3-4-8-22(19)29-37(32,33)17-9-11-20(26)21(27)15-17/h3-4,7-12,15-16,29H,2,5-6,13-14H2,1H3,(H,28,31). The molecule has 0 aromatic heterocycles. The van der Waals surface area contributed by atoms with E-state index in [1.54, 1.807) is 0 Å². The van der Waals surface area contributed by atoms with Crippen molar-refractivity contribution in [2.75, 3.05) is 30.2 Å². The maximum absolute atomic E-state index is 13.6. The van der Waals surface area contributed by atoms with E-state index in [0.29, 0.717) is 25.2 Å². The third-order valence-electron chi connectivity index (χ3n) is 5.99. The lowest BCUT2D eigenvalue weighted by atomic mass is 10.1. The van der Waals surface area contributed by atoms with Gasteiger partial charge in [-0.2, -0.15) is 4.31 Å². The normalized spacial score (nSPS) is 14.6. The molecular formula is C25H25F2N3O6S2. The third-order valence-corrected chi connectivity index (χ3v) is 9.25. The van der Waals surface area contributed by atoms with Crippen LogP contribution in [0.25, 0.3) is 0 Å². The van der Waals surface area contributed by atoms with Gasteiger partial charge in [0.2, 0.25) is 10.0 Å². The van der Waals surface area contributed by atoms with Crippen molar-refractivity contribution in [1.82, 2.24) is 4.31 Å². The summed E-state index contributed by atoms with van der Waals surface area (Å²) < 4.78 is 87.6. The van der Waals surface area contributed by atoms with Gasteiger partial charge in [-0.3, -0.25) is 9.52 Å². The minimum Gasteiger partial charge on any atom is -0.495 e. The van der Waals surface area contributed by atoms with E-state index in [2.05, 4.69) is 10.0 Å². The zero-order valence-corrected chi connectivity index (χ0v) is 21.9. The molecule has 0 radical (unpaired) electrons. The molecule has 3 aromatic rings. The first-order chi connectivity index (χ1) is 18.0. The molecule has 2 N–H and O–H groups in total. The molecule has 0 unspecified atom stereocenters. The highest BCUT2D eigenvalue weighted by atomic mass is 32.2. The summed E-state index contributed by atoms with van der Waals surface area (Å²) in [6.07, 6.45) is 2.47. The number of methoxy groups -OCH3 is 1. The van der Waals surface area contributed by atoms with Crippen LogP contribution >= 0.6 is 0 Å². The monoisotopic (exact) mass is 565 g/mol. The molecule has 13 heteroatoms. The number of carbonyl (C=O) groups is 1. The van der Waals surface area contributed by atoms with Gasteiger partial charge in [0.1, 0.15) is 5.75 Å². The first-order valence-corrected chi connectivity index (χ1v) is 14.5. The molecule has 0 spiro atoms. The number of nitrogens with one attached hydrogen (secondary N) is 2. The number of nitrogens with zero attached hydrogens (tertiary/aromatic N) is 1. The van der Waals surface area contributed by atoms with Crippen molar-refractivity contribution in [3.05, 3.63) is 77.9 Å². The van der Waals surface area contributed by atoms with Crippen LogP contribution in [0.15, 0.2) is 70.5 Å². The van der Waals surface area contributed by atoms with Gasteiger partial charge in [-0.1, -0.05) is 18.6 Å². The minimum absolute atomic E-state index is 0.0252. The van der Waals surface area contributed by atoms with Crippen LogP contribution in [0, 0.1) is 11.6 Å². The van der Waals surface area contributed by atoms with Gasteiger partial charge < -0.3 is 10.1 Å². The maximum Gasteiger partial charge on any atom is 0.262 e. The molecule has 3 aromatic carbocycles. The Morgan fingerprint density at radius 1 is 0.842 bits per heavy atom. The molecule has 1 amide bonds. The second kappa shape index (κ2) is 11.1. The average molecular weight is 566 g/mol. The van der Waals surface area contributed by atoms with E-state index in [1.807, 2.05) is 0 Å². The molecule has 0 bridgehead atoms. The lowest BCUT2D eigenvalue weighted by molar-refractivity contribution is 0.102. The molecule has 38 heavy (non-hydrogen) atoms. The van der Waals surface area contributed by atoms with Gasteiger partial charge in [0, 0.05) is 13.1 Å². The summed E-state index contributed by atoms with van der Waals surface area (Å²) in [5, 5.41) is 2.58. The van der Waals surface area contributed by atoms with E-state index in [4.69, 9.17) is 4.74 Å². The van der Waals surface area contributed by atoms with Crippen LogP contribution in [0.3, 0.4) is 0 Å². The van der Waals surface area contributed by atoms with Gasteiger partial charge in [-0.25, -0.2) is 25.6 Å². The van der Waals surface area contributed by atoms with Crippen LogP contribution < -0.4 is 14.8 Å². The summed E-state index contributed by atoms with van der Waals surface area (Å²) in [7, 11) is -6.83. The average Bonchev–Trinajstić information content (AvgIpc) is 2.90. The number of carbonyl (C=O) groups excluding carboxylic acids is 1. The SMILES string of the molecule is COc1ccc(S(=O)(=O)N2CCCCC2)cc1NC(=O)c1ccccc1NS(=O)(=O)c1ccc(F)c(F)c1. The number of benzene rings is 3. The molecule has 1 fully saturated rings. The molecule has 9 nitrogen and oxygen atoms in total. The van der Waals surface area contributed by atoms with E-state index in [1.165, 1.54) is 53.9 Å². The Labute approximate surface area is 219 Å². The Morgan fingerprint density at radius 3 is 2.21 bits per heavy atom. The van der Waals surface area contributed by atoms with Crippen molar-refractivity contribution < 1.29 is 35.1 Å². The number of hydrogen-bond donors (Lipinski definition) is 2. The zero-order valence-electron chi connectivity index (χ0n) is 20.3. The highest BCUT2D eigenvalue weighted by molar-refractivity contribution is 7.92. The second-order valence-electron chi connectivity index (χ2n) is 8.51. The van der Waals surface area contributed by atoms with Crippen molar-refractivity contribution in [3.63, 3.8) is 0 Å². The van der Waals surface area contributed by atoms with E-state index >= 15 is 0 Å². The molecule has 1 aliphatic rings. The minimum atomic E-state index is -4.38. The number of ether oxygens (including phenoxy) is 1. The highest BCUT2D eigenvalue weighted by Gasteiger charge is 2.27. The highest BCUT2D eigenvalue weighted by Crippen LogP contribution is 2.31. The summed E-state index contributed by atoms with van der Waals surface area (Å²) in [4.78, 5) is 12.7. The van der Waals surface area contributed by atoms with Crippen molar-refractivity contribution >= 4 is 37.3 Å². The quantitative estimate of drug-likeness (QED) is 0.422. The molecular weight excluding hydrogens is 540 g/mol. The second-order valence-corrected chi connectivity index (χ2v) is 12.1. The number of para-hydroxylation sites is 1. The zero-order chi connectivity index (χ0) is 27.5. The Hall–Kier alpha value is -3.55. The molecule has 1 aliphatic heterocycles. The topological polar surface area (TPSA) is 122 Å². The Balaban J connectivity index is 1.63. The van der Waals surface area contributed by atoms with Crippen LogP contribution in [-0.4, -0.2) is 47.2 Å². The fraction of sp³-hybridized carbons (Fsp3) is 0.240. The van der Waals surface area contributed by atoms with Crippen molar-refractivity contribution in [2.45, 2.75) is 29.1 Å². The lowest BCUT2D eigenvalue weighted by Gasteiger charge is -2.26. The number of halogens is 2. The summed E-state index contributed by atoms with van der Waals surface area (Å²) in [5.74, 6) is -3.12. The summed E-state index contributed by atoms with van der Waals surface area (Å²) >= 11 is 0. The van der Waals surface area contributed by atoms with Crippen molar-refractivity contribution in [1.29, 1.82) is 0 Å². The number of amides is 1. The third kappa shape index (κ3) is 5.79. The molecule has 0 saturated carbocycles. The predicted octanol–water partition coefficient (Wildman–Crippen LogP) is 4.20. The predicted molar refractivity (Wildman–Crippen MR) is 137 cm³/mol. The summed E-state index contributed by atoms with van der Waals surface area (Å²) in [6, 6.07) is 11.8. The van der Waals surface area contributed by atoms with Crippen molar-refractivity contribution in [2.24, 2.45) is 0 Å². The molecule has 0 aliphatic carbocycles. The Bertz CT molecular complexity index is 1570. The van der Waals surface area contributed by atoms with Gasteiger partial charge in [-0.15, -0.1) is 0 Å². The van der Waals surface area contributed by atoms with E-state index in [9.17, 15) is 30.4 Å². The largest absolute Gasteiger partial charge is 0.495 e.